The van der Waals surface area contributed by atoms with Crippen LogP contribution in [-0.2, 0) is 14.1 Å². The molecule has 0 saturated heterocycles. The van der Waals surface area contributed by atoms with Crippen LogP contribution in [0.2, 0.25) is 0 Å². The zero-order valence-corrected chi connectivity index (χ0v) is 12.8. The SMILES string of the molecule is CC(C)c1ccnc(-c2ccc3c(=O)n(C)n(C)c3c2)c1. The molecule has 0 fully saturated rings. The van der Waals surface area contributed by atoms with Crippen LogP contribution in [0.5, 0.6) is 0 Å². The first-order valence-electron chi connectivity index (χ1n) is 7.11. The van der Waals surface area contributed by atoms with E-state index < -0.39 is 0 Å². The fraction of sp³-hybridized carbons (Fsp3) is 0.294. The maximum Gasteiger partial charge on any atom is 0.274 e. The molecule has 0 saturated carbocycles. The summed E-state index contributed by atoms with van der Waals surface area (Å²) in [5.74, 6) is 0.469. The van der Waals surface area contributed by atoms with Crippen LogP contribution in [0.3, 0.4) is 0 Å². The summed E-state index contributed by atoms with van der Waals surface area (Å²) in [4.78, 5) is 16.5. The van der Waals surface area contributed by atoms with Crippen molar-refractivity contribution >= 4 is 10.9 Å². The minimum absolute atomic E-state index is 0.0305. The average Bonchev–Trinajstić information content (AvgIpc) is 2.72. The summed E-state index contributed by atoms with van der Waals surface area (Å²) >= 11 is 0. The summed E-state index contributed by atoms with van der Waals surface area (Å²) in [7, 11) is 3.67. The molecule has 3 rings (SSSR count). The van der Waals surface area contributed by atoms with Gasteiger partial charge >= 0.3 is 0 Å². The molecule has 0 aliphatic carbocycles. The highest BCUT2D eigenvalue weighted by Crippen LogP contribution is 2.24. The fourth-order valence-electron chi connectivity index (χ4n) is 2.58. The molecule has 0 amide bonds. The van der Waals surface area contributed by atoms with Gasteiger partial charge in [-0.1, -0.05) is 19.9 Å². The van der Waals surface area contributed by atoms with Crippen LogP contribution in [0.4, 0.5) is 0 Å². The third-order valence-corrected chi connectivity index (χ3v) is 4.07. The van der Waals surface area contributed by atoms with Crippen LogP contribution in [0.15, 0.2) is 41.3 Å². The second-order valence-electron chi connectivity index (χ2n) is 5.71. The molecule has 3 aromatic rings. The largest absolute Gasteiger partial charge is 0.285 e. The Kier molecular flexibility index (Phi) is 3.16. The molecule has 21 heavy (non-hydrogen) atoms. The number of hydrogen-bond acceptors (Lipinski definition) is 2. The van der Waals surface area contributed by atoms with Crippen molar-refractivity contribution in [1.82, 2.24) is 14.3 Å². The molecule has 2 aromatic heterocycles. The Morgan fingerprint density at radius 2 is 1.81 bits per heavy atom. The molecule has 0 unspecified atom stereocenters. The lowest BCUT2D eigenvalue weighted by Crippen LogP contribution is -2.16. The van der Waals surface area contributed by atoms with Crippen molar-refractivity contribution in [2.24, 2.45) is 14.1 Å². The minimum Gasteiger partial charge on any atom is -0.285 e. The van der Waals surface area contributed by atoms with Crippen molar-refractivity contribution in [2.45, 2.75) is 19.8 Å². The van der Waals surface area contributed by atoms with E-state index in [1.165, 1.54) is 5.56 Å². The zero-order chi connectivity index (χ0) is 15.1. The first-order chi connectivity index (χ1) is 9.99. The van der Waals surface area contributed by atoms with E-state index in [2.05, 4.69) is 24.9 Å². The molecule has 0 aliphatic rings. The molecule has 1 aromatic carbocycles. The number of pyridine rings is 1. The number of fused-ring (bicyclic) bond motifs is 1. The van der Waals surface area contributed by atoms with Gasteiger partial charge in [0, 0.05) is 25.9 Å². The van der Waals surface area contributed by atoms with Crippen LogP contribution in [0.25, 0.3) is 22.2 Å². The van der Waals surface area contributed by atoms with Crippen LogP contribution in [-0.4, -0.2) is 14.3 Å². The van der Waals surface area contributed by atoms with Crippen molar-refractivity contribution in [1.29, 1.82) is 0 Å². The maximum absolute atomic E-state index is 12.1. The van der Waals surface area contributed by atoms with E-state index in [0.29, 0.717) is 5.92 Å². The molecular weight excluding hydrogens is 262 g/mol. The van der Waals surface area contributed by atoms with Crippen LogP contribution < -0.4 is 5.56 Å². The highest BCUT2D eigenvalue weighted by Gasteiger charge is 2.10. The standard InChI is InChI=1S/C17H19N3O/c1-11(2)12-7-8-18-15(9-12)13-5-6-14-16(10-13)19(3)20(4)17(14)21/h5-11H,1-4H3. The molecule has 0 bridgehead atoms. The van der Waals surface area contributed by atoms with Crippen LogP contribution in [0.1, 0.15) is 25.3 Å². The third-order valence-electron chi connectivity index (χ3n) is 4.07. The number of aryl methyl sites for hydroxylation is 1. The van der Waals surface area contributed by atoms with E-state index in [1.54, 1.807) is 11.7 Å². The van der Waals surface area contributed by atoms with Gasteiger partial charge in [-0.15, -0.1) is 0 Å². The summed E-state index contributed by atoms with van der Waals surface area (Å²) in [6, 6.07) is 10.0. The average molecular weight is 281 g/mol. The normalized spacial score (nSPS) is 11.5. The number of nitrogens with zero attached hydrogens (tertiary/aromatic N) is 3. The molecule has 0 N–H and O–H groups in total. The Morgan fingerprint density at radius 1 is 1.05 bits per heavy atom. The Balaban J connectivity index is 2.20. The molecule has 108 valence electrons. The summed E-state index contributed by atoms with van der Waals surface area (Å²) < 4.78 is 3.49. The Bertz CT molecular complexity index is 871. The first-order valence-corrected chi connectivity index (χ1v) is 7.11. The molecule has 4 nitrogen and oxygen atoms in total. The van der Waals surface area contributed by atoms with E-state index in [1.807, 2.05) is 42.2 Å². The quantitative estimate of drug-likeness (QED) is 0.724. The number of benzene rings is 1. The minimum atomic E-state index is 0.0305. The van der Waals surface area contributed by atoms with Crippen molar-refractivity contribution in [3.8, 4) is 11.3 Å². The summed E-state index contributed by atoms with van der Waals surface area (Å²) in [5, 5.41) is 0.740. The predicted octanol–water partition coefficient (Wildman–Crippen LogP) is 3.06. The predicted molar refractivity (Wildman–Crippen MR) is 85.5 cm³/mol. The van der Waals surface area contributed by atoms with Gasteiger partial charge in [-0.05, 0) is 35.7 Å². The van der Waals surface area contributed by atoms with Crippen molar-refractivity contribution in [3.63, 3.8) is 0 Å². The fourth-order valence-corrected chi connectivity index (χ4v) is 2.58. The smallest absolute Gasteiger partial charge is 0.274 e. The maximum atomic E-state index is 12.1. The molecule has 2 heterocycles. The van der Waals surface area contributed by atoms with E-state index in [4.69, 9.17) is 0 Å². The lowest BCUT2D eigenvalue weighted by atomic mass is 10.0. The summed E-state index contributed by atoms with van der Waals surface area (Å²) in [6.45, 7) is 4.34. The molecule has 0 radical (unpaired) electrons. The molecule has 4 heteroatoms. The van der Waals surface area contributed by atoms with Gasteiger partial charge in [0.25, 0.3) is 5.56 Å². The Labute approximate surface area is 123 Å². The summed E-state index contributed by atoms with van der Waals surface area (Å²) in [6.07, 6.45) is 1.85. The van der Waals surface area contributed by atoms with E-state index in [9.17, 15) is 4.79 Å². The lowest BCUT2D eigenvalue weighted by Gasteiger charge is -2.08. The first kappa shape index (κ1) is 13.6. The van der Waals surface area contributed by atoms with Gasteiger partial charge in [0.15, 0.2) is 0 Å². The van der Waals surface area contributed by atoms with E-state index >= 15 is 0 Å². The van der Waals surface area contributed by atoms with Gasteiger partial charge in [-0.25, -0.2) is 0 Å². The van der Waals surface area contributed by atoms with Crippen molar-refractivity contribution < 1.29 is 0 Å². The second kappa shape index (κ2) is 4.88. The highest BCUT2D eigenvalue weighted by atomic mass is 16.1. The zero-order valence-electron chi connectivity index (χ0n) is 12.8. The van der Waals surface area contributed by atoms with Gasteiger partial charge in [-0.2, -0.15) is 0 Å². The Hall–Kier alpha value is -2.36. The van der Waals surface area contributed by atoms with Gasteiger partial charge in [0.1, 0.15) is 0 Å². The van der Waals surface area contributed by atoms with Crippen molar-refractivity contribution in [3.05, 3.63) is 52.4 Å². The molecule has 0 aliphatic heterocycles. The number of aromatic nitrogens is 3. The second-order valence-corrected chi connectivity index (χ2v) is 5.71. The number of hydrogen-bond donors (Lipinski definition) is 0. The number of rotatable bonds is 2. The Morgan fingerprint density at radius 3 is 2.52 bits per heavy atom. The van der Waals surface area contributed by atoms with Gasteiger partial charge in [0.05, 0.1) is 16.6 Å². The molecule has 0 atom stereocenters. The van der Waals surface area contributed by atoms with Gasteiger partial charge in [0.2, 0.25) is 0 Å². The van der Waals surface area contributed by atoms with Gasteiger partial charge in [-0.3, -0.25) is 19.1 Å². The van der Waals surface area contributed by atoms with Gasteiger partial charge < -0.3 is 0 Å². The molecule has 0 spiro atoms. The lowest BCUT2D eigenvalue weighted by molar-refractivity contribution is 0.595. The van der Waals surface area contributed by atoms with Crippen molar-refractivity contribution in [2.75, 3.05) is 0 Å². The van der Waals surface area contributed by atoms with E-state index in [-0.39, 0.29) is 5.56 Å². The van der Waals surface area contributed by atoms with Crippen LogP contribution >= 0.6 is 0 Å². The monoisotopic (exact) mass is 281 g/mol. The molecular formula is C17H19N3O. The third kappa shape index (κ3) is 2.17. The topological polar surface area (TPSA) is 39.8 Å². The van der Waals surface area contributed by atoms with Crippen LogP contribution in [0, 0.1) is 0 Å². The van der Waals surface area contributed by atoms with E-state index in [0.717, 1.165) is 22.2 Å². The summed E-state index contributed by atoms with van der Waals surface area (Å²) in [5.41, 5.74) is 4.20. The highest BCUT2D eigenvalue weighted by molar-refractivity contribution is 5.83.